The van der Waals surface area contributed by atoms with Gasteiger partial charge in [0.2, 0.25) is 0 Å². The molecule has 0 atom stereocenters. The highest BCUT2D eigenvalue weighted by atomic mass is 15.2. The zero-order valence-electron chi connectivity index (χ0n) is 9.13. The lowest BCUT2D eigenvalue weighted by Gasteiger charge is -2.36. The molecule has 0 spiro atoms. The quantitative estimate of drug-likeness (QED) is 0.819. The van der Waals surface area contributed by atoms with Crippen molar-refractivity contribution in [2.45, 2.75) is 12.6 Å². The standard InChI is InChI=1S/C13H15N3/c14-12-8-16(9-12)7-11-6-15-5-10-3-1-2-4-13(10)11/h1-6,12H,7-9,14H2. The van der Waals surface area contributed by atoms with Gasteiger partial charge in [-0.2, -0.15) is 0 Å². The number of fused-ring (bicyclic) bond motifs is 1. The predicted molar refractivity (Wildman–Crippen MR) is 65.0 cm³/mol. The molecule has 1 aromatic carbocycles. The molecule has 1 fully saturated rings. The topological polar surface area (TPSA) is 42.1 Å². The van der Waals surface area contributed by atoms with Gasteiger partial charge in [-0.3, -0.25) is 9.88 Å². The summed E-state index contributed by atoms with van der Waals surface area (Å²) in [6.07, 6.45) is 3.88. The van der Waals surface area contributed by atoms with Crippen LogP contribution in [-0.2, 0) is 6.54 Å². The molecule has 2 N–H and O–H groups in total. The monoisotopic (exact) mass is 213 g/mol. The Morgan fingerprint density at radius 1 is 1.25 bits per heavy atom. The lowest BCUT2D eigenvalue weighted by molar-refractivity contribution is 0.143. The summed E-state index contributed by atoms with van der Waals surface area (Å²) in [7, 11) is 0. The van der Waals surface area contributed by atoms with Crippen LogP contribution in [0.3, 0.4) is 0 Å². The van der Waals surface area contributed by atoms with Crippen LogP contribution in [0.15, 0.2) is 36.7 Å². The molecule has 0 bridgehead atoms. The van der Waals surface area contributed by atoms with E-state index < -0.39 is 0 Å². The van der Waals surface area contributed by atoms with E-state index in [1.165, 1.54) is 16.3 Å². The Kier molecular flexibility index (Phi) is 2.35. The average molecular weight is 213 g/mol. The molecule has 82 valence electrons. The molecule has 0 radical (unpaired) electrons. The number of hydrogen-bond donors (Lipinski definition) is 1. The number of pyridine rings is 1. The molecule has 2 aromatic rings. The van der Waals surface area contributed by atoms with Gasteiger partial charge in [0.15, 0.2) is 0 Å². The smallest absolute Gasteiger partial charge is 0.0346 e. The number of nitrogens with two attached hydrogens (primary N) is 1. The van der Waals surface area contributed by atoms with Crippen molar-refractivity contribution in [3.8, 4) is 0 Å². The molecule has 0 aliphatic carbocycles. The van der Waals surface area contributed by atoms with Gasteiger partial charge >= 0.3 is 0 Å². The van der Waals surface area contributed by atoms with E-state index in [1.807, 2.05) is 18.5 Å². The van der Waals surface area contributed by atoms with E-state index in [-0.39, 0.29) is 0 Å². The number of aromatic nitrogens is 1. The van der Waals surface area contributed by atoms with Crippen LogP contribution in [0, 0.1) is 0 Å². The van der Waals surface area contributed by atoms with Crippen LogP contribution in [0.5, 0.6) is 0 Å². The van der Waals surface area contributed by atoms with Crippen LogP contribution in [-0.4, -0.2) is 29.0 Å². The maximum atomic E-state index is 5.78. The van der Waals surface area contributed by atoms with Crippen LogP contribution in [0.4, 0.5) is 0 Å². The molecule has 0 unspecified atom stereocenters. The number of nitrogens with zero attached hydrogens (tertiary/aromatic N) is 2. The Balaban J connectivity index is 1.91. The van der Waals surface area contributed by atoms with Gasteiger partial charge in [-0.25, -0.2) is 0 Å². The Bertz CT molecular complexity index is 498. The van der Waals surface area contributed by atoms with E-state index in [4.69, 9.17) is 5.73 Å². The third-order valence-electron chi connectivity index (χ3n) is 3.13. The first-order chi connectivity index (χ1) is 7.83. The summed E-state index contributed by atoms with van der Waals surface area (Å²) in [5.41, 5.74) is 7.07. The van der Waals surface area contributed by atoms with E-state index in [2.05, 4.69) is 28.1 Å². The van der Waals surface area contributed by atoms with Gasteiger partial charge in [0, 0.05) is 43.5 Å². The van der Waals surface area contributed by atoms with Gasteiger partial charge < -0.3 is 5.73 Å². The first kappa shape index (κ1) is 9.75. The van der Waals surface area contributed by atoms with Crippen LogP contribution >= 0.6 is 0 Å². The summed E-state index contributed by atoms with van der Waals surface area (Å²) in [6, 6.07) is 8.75. The zero-order valence-corrected chi connectivity index (χ0v) is 9.13. The van der Waals surface area contributed by atoms with Crippen molar-refractivity contribution < 1.29 is 0 Å². The van der Waals surface area contributed by atoms with E-state index in [0.717, 1.165) is 19.6 Å². The number of hydrogen-bond acceptors (Lipinski definition) is 3. The highest BCUT2D eigenvalue weighted by Gasteiger charge is 2.23. The van der Waals surface area contributed by atoms with Gasteiger partial charge in [0.05, 0.1) is 0 Å². The summed E-state index contributed by atoms with van der Waals surface area (Å²) in [5, 5.41) is 2.52. The van der Waals surface area contributed by atoms with E-state index in [0.29, 0.717) is 6.04 Å². The van der Waals surface area contributed by atoms with Crippen molar-refractivity contribution in [3.63, 3.8) is 0 Å². The molecule has 1 saturated heterocycles. The van der Waals surface area contributed by atoms with Gasteiger partial charge in [-0.05, 0) is 10.9 Å². The lowest BCUT2D eigenvalue weighted by Crippen LogP contribution is -2.54. The number of rotatable bonds is 2. The second-order valence-electron chi connectivity index (χ2n) is 4.47. The molecule has 2 heterocycles. The molecule has 1 aromatic heterocycles. The molecular formula is C13H15N3. The third kappa shape index (κ3) is 1.68. The summed E-state index contributed by atoms with van der Waals surface area (Å²) in [6.45, 7) is 2.97. The third-order valence-corrected chi connectivity index (χ3v) is 3.13. The van der Waals surface area contributed by atoms with Crippen molar-refractivity contribution in [2.75, 3.05) is 13.1 Å². The Labute approximate surface area is 94.9 Å². The minimum atomic E-state index is 0.364. The molecule has 1 aliphatic heterocycles. The summed E-state index contributed by atoms with van der Waals surface area (Å²) >= 11 is 0. The van der Waals surface area contributed by atoms with Gasteiger partial charge in [0.25, 0.3) is 0 Å². The molecular weight excluding hydrogens is 198 g/mol. The highest BCUT2D eigenvalue weighted by Crippen LogP contribution is 2.20. The fourth-order valence-electron chi connectivity index (χ4n) is 2.28. The average Bonchev–Trinajstić information content (AvgIpc) is 2.27. The fourth-order valence-corrected chi connectivity index (χ4v) is 2.28. The first-order valence-electron chi connectivity index (χ1n) is 5.62. The summed E-state index contributed by atoms with van der Waals surface area (Å²) < 4.78 is 0. The molecule has 16 heavy (non-hydrogen) atoms. The van der Waals surface area contributed by atoms with Crippen molar-refractivity contribution in [1.29, 1.82) is 0 Å². The normalized spacial score (nSPS) is 17.6. The highest BCUT2D eigenvalue weighted by molar-refractivity contribution is 5.84. The van der Waals surface area contributed by atoms with E-state index in [1.54, 1.807) is 0 Å². The van der Waals surface area contributed by atoms with E-state index >= 15 is 0 Å². The van der Waals surface area contributed by atoms with Crippen molar-refractivity contribution in [2.24, 2.45) is 5.73 Å². The molecule has 3 rings (SSSR count). The van der Waals surface area contributed by atoms with Crippen molar-refractivity contribution in [3.05, 3.63) is 42.2 Å². The largest absolute Gasteiger partial charge is 0.325 e. The SMILES string of the molecule is NC1CN(Cc2cncc3ccccc23)C1. The summed E-state index contributed by atoms with van der Waals surface area (Å²) in [5.74, 6) is 0. The van der Waals surface area contributed by atoms with Gasteiger partial charge in [0.1, 0.15) is 0 Å². The van der Waals surface area contributed by atoms with Crippen LogP contribution < -0.4 is 5.73 Å². The Hall–Kier alpha value is -1.45. The molecule has 1 aliphatic rings. The van der Waals surface area contributed by atoms with E-state index in [9.17, 15) is 0 Å². The minimum Gasteiger partial charge on any atom is -0.325 e. The molecule has 3 heteroatoms. The second-order valence-corrected chi connectivity index (χ2v) is 4.47. The second kappa shape index (κ2) is 3.85. The van der Waals surface area contributed by atoms with Gasteiger partial charge in [-0.1, -0.05) is 24.3 Å². The first-order valence-corrected chi connectivity index (χ1v) is 5.62. The lowest BCUT2D eigenvalue weighted by atomic mass is 10.0. The summed E-state index contributed by atoms with van der Waals surface area (Å²) in [4.78, 5) is 6.64. The molecule has 0 saturated carbocycles. The zero-order chi connectivity index (χ0) is 11.0. The maximum absolute atomic E-state index is 5.78. The number of likely N-dealkylation sites (tertiary alicyclic amines) is 1. The van der Waals surface area contributed by atoms with Crippen LogP contribution in [0.2, 0.25) is 0 Å². The van der Waals surface area contributed by atoms with Crippen LogP contribution in [0.1, 0.15) is 5.56 Å². The Morgan fingerprint density at radius 2 is 2.06 bits per heavy atom. The maximum Gasteiger partial charge on any atom is 0.0346 e. The Morgan fingerprint density at radius 3 is 2.88 bits per heavy atom. The fraction of sp³-hybridized carbons (Fsp3) is 0.308. The van der Waals surface area contributed by atoms with Crippen molar-refractivity contribution >= 4 is 10.8 Å². The minimum absolute atomic E-state index is 0.364. The van der Waals surface area contributed by atoms with Crippen molar-refractivity contribution in [1.82, 2.24) is 9.88 Å². The number of benzene rings is 1. The molecule has 0 amide bonds. The molecule has 3 nitrogen and oxygen atoms in total. The van der Waals surface area contributed by atoms with Gasteiger partial charge in [-0.15, -0.1) is 0 Å². The van der Waals surface area contributed by atoms with Crippen LogP contribution in [0.25, 0.3) is 10.8 Å². The predicted octanol–water partition coefficient (Wildman–Crippen LogP) is 1.38.